The van der Waals surface area contributed by atoms with Gasteiger partial charge in [0.15, 0.2) is 0 Å². The highest BCUT2D eigenvalue weighted by Crippen LogP contribution is 2.45. The van der Waals surface area contributed by atoms with Crippen LogP contribution in [0.4, 0.5) is 10.5 Å². The highest BCUT2D eigenvalue weighted by atomic mass is 16.5. The van der Waals surface area contributed by atoms with E-state index in [1.54, 1.807) is 36.3 Å². The number of imide groups is 1. The summed E-state index contributed by atoms with van der Waals surface area (Å²) in [6, 6.07) is 20.6. The SMILES string of the molecule is CCCNC(=O)c1ccccc1N1C(=O)[C@@H]2Cc3c([nH]c4ccccc34)C(c3cccc(OC)c3)N2C1=O. The number of benzene rings is 3. The summed E-state index contributed by atoms with van der Waals surface area (Å²) in [4.78, 5) is 47.5. The molecule has 1 aromatic heterocycles. The van der Waals surface area contributed by atoms with Gasteiger partial charge in [-0.05, 0) is 47.9 Å². The summed E-state index contributed by atoms with van der Waals surface area (Å²) in [5.74, 6) is 0.0121. The fourth-order valence-corrected chi connectivity index (χ4v) is 5.65. The van der Waals surface area contributed by atoms with Crippen molar-refractivity contribution in [3.63, 3.8) is 0 Å². The molecule has 1 saturated heterocycles. The van der Waals surface area contributed by atoms with Crippen LogP contribution in [0.3, 0.4) is 0 Å². The number of nitrogens with one attached hydrogen (secondary N) is 2. The number of hydrogen-bond donors (Lipinski definition) is 2. The molecular formula is C30H28N4O4. The first-order valence-corrected chi connectivity index (χ1v) is 12.8. The molecule has 1 fully saturated rings. The molecule has 38 heavy (non-hydrogen) atoms. The molecular weight excluding hydrogens is 480 g/mol. The molecule has 8 nitrogen and oxygen atoms in total. The molecule has 192 valence electrons. The first kappa shape index (κ1) is 23.8. The quantitative estimate of drug-likeness (QED) is 0.366. The second-order valence-corrected chi connectivity index (χ2v) is 9.60. The molecule has 6 rings (SSSR count). The van der Waals surface area contributed by atoms with Crippen LogP contribution < -0.4 is 15.0 Å². The monoisotopic (exact) mass is 508 g/mol. The number of para-hydroxylation sites is 2. The number of hydrogen-bond acceptors (Lipinski definition) is 4. The largest absolute Gasteiger partial charge is 0.497 e. The maximum absolute atomic E-state index is 14.2. The van der Waals surface area contributed by atoms with Crippen molar-refractivity contribution >= 4 is 34.4 Å². The summed E-state index contributed by atoms with van der Waals surface area (Å²) in [7, 11) is 1.60. The van der Waals surface area contributed by atoms with Crippen molar-refractivity contribution in [2.24, 2.45) is 0 Å². The van der Waals surface area contributed by atoms with E-state index in [2.05, 4.69) is 10.3 Å². The average Bonchev–Trinajstić information content (AvgIpc) is 3.44. The fourth-order valence-electron chi connectivity index (χ4n) is 5.65. The van der Waals surface area contributed by atoms with Crippen LogP contribution in [0.1, 0.15) is 46.6 Å². The number of rotatable bonds is 6. The number of fused-ring (bicyclic) bond motifs is 4. The molecule has 1 unspecified atom stereocenters. The van der Waals surface area contributed by atoms with E-state index in [0.717, 1.165) is 34.1 Å². The van der Waals surface area contributed by atoms with Crippen molar-refractivity contribution < 1.29 is 19.1 Å². The number of carbonyl (C=O) groups excluding carboxylic acids is 3. The van der Waals surface area contributed by atoms with Gasteiger partial charge >= 0.3 is 6.03 Å². The number of ether oxygens (including phenoxy) is 1. The van der Waals surface area contributed by atoms with E-state index in [1.807, 2.05) is 55.5 Å². The summed E-state index contributed by atoms with van der Waals surface area (Å²) in [5.41, 5.74) is 4.28. The standard InChI is InChI=1S/C30H28N4O4/c1-3-15-31-28(35)21-12-5-7-14-24(21)34-29(36)25-17-22-20-11-4-6-13-23(20)32-26(22)27(33(25)30(34)37)18-9-8-10-19(16-18)38-2/h4-14,16,25,27,32H,3,15,17H2,1-2H3,(H,31,35)/t25-,27?/m0/s1. The zero-order valence-corrected chi connectivity index (χ0v) is 21.2. The van der Waals surface area contributed by atoms with Gasteiger partial charge in [0.1, 0.15) is 17.8 Å². The Morgan fingerprint density at radius 1 is 1.05 bits per heavy atom. The van der Waals surface area contributed by atoms with Gasteiger partial charge in [-0.25, -0.2) is 9.69 Å². The normalized spacial score (nSPS) is 18.5. The molecule has 4 aromatic rings. The van der Waals surface area contributed by atoms with Gasteiger partial charge in [0.05, 0.1) is 18.4 Å². The summed E-state index contributed by atoms with van der Waals surface area (Å²) in [6.45, 7) is 2.47. The number of aromatic amines is 1. The van der Waals surface area contributed by atoms with Gasteiger partial charge in [-0.3, -0.25) is 14.5 Å². The molecule has 2 atom stereocenters. The Balaban J connectivity index is 1.50. The Morgan fingerprint density at radius 2 is 1.84 bits per heavy atom. The van der Waals surface area contributed by atoms with Crippen LogP contribution in [-0.4, -0.2) is 47.4 Å². The zero-order chi connectivity index (χ0) is 26.4. The molecule has 2 N–H and O–H groups in total. The van der Waals surface area contributed by atoms with Gasteiger partial charge < -0.3 is 15.0 Å². The number of urea groups is 1. The third kappa shape index (κ3) is 3.63. The van der Waals surface area contributed by atoms with Crippen molar-refractivity contribution in [1.29, 1.82) is 0 Å². The number of aromatic nitrogens is 1. The van der Waals surface area contributed by atoms with Gasteiger partial charge in [-0.1, -0.05) is 49.4 Å². The first-order chi connectivity index (χ1) is 18.5. The third-order valence-corrected chi connectivity index (χ3v) is 7.38. The average molecular weight is 509 g/mol. The van der Waals surface area contributed by atoms with Gasteiger partial charge in [0.25, 0.3) is 11.8 Å². The Labute approximate surface area is 220 Å². The second kappa shape index (κ2) is 9.37. The van der Waals surface area contributed by atoms with E-state index in [9.17, 15) is 14.4 Å². The lowest BCUT2D eigenvalue weighted by atomic mass is 9.89. The minimum atomic E-state index is -0.711. The molecule has 0 bridgehead atoms. The summed E-state index contributed by atoms with van der Waals surface area (Å²) < 4.78 is 5.48. The molecule has 4 amide bonds. The van der Waals surface area contributed by atoms with Crippen LogP contribution in [0.15, 0.2) is 72.8 Å². The number of carbonyl (C=O) groups is 3. The molecule has 3 aromatic carbocycles. The van der Waals surface area contributed by atoms with E-state index < -0.39 is 18.1 Å². The Kier molecular flexibility index (Phi) is 5.87. The second-order valence-electron chi connectivity index (χ2n) is 9.60. The maximum Gasteiger partial charge on any atom is 0.332 e. The van der Waals surface area contributed by atoms with Crippen molar-refractivity contribution in [2.45, 2.75) is 31.8 Å². The van der Waals surface area contributed by atoms with Crippen LogP contribution >= 0.6 is 0 Å². The Morgan fingerprint density at radius 3 is 2.66 bits per heavy atom. The number of nitrogens with zero attached hydrogens (tertiary/aromatic N) is 2. The zero-order valence-electron chi connectivity index (χ0n) is 21.2. The summed E-state index contributed by atoms with van der Waals surface area (Å²) in [6.07, 6.45) is 1.16. The minimum absolute atomic E-state index is 0.295. The van der Waals surface area contributed by atoms with Crippen molar-refractivity contribution in [3.8, 4) is 5.75 Å². The van der Waals surface area contributed by atoms with Gasteiger partial charge in [-0.15, -0.1) is 0 Å². The number of H-pyrrole nitrogens is 1. The highest BCUT2D eigenvalue weighted by molar-refractivity contribution is 6.24. The molecule has 0 aliphatic carbocycles. The van der Waals surface area contributed by atoms with Crippen LogP contribution in [0.5, 0.6) is 5.75 Å². The summed E-state index contributed by atoms with van der Waals surface area (Å²) >= 11 is 0. The topological polar surface area (TPSA) is 94.7 Å². The molecule has 0 spiro atoms. The lowest BCUT2D eigenvalue weighted by Gasteiger charge is -2.36. The van der Waals surface area contributed by atoms with Crippen molar-refractivity contribution in [2.75, 3.05) is 18.6 Å². The highest BCUT2D eigenvalue weighted by Gasteiger charge is 2.53. The predicted octanol–water partition coefficient (Wildman–Crippen LogP) is 4.80. The lowest BCUT2D eigenvalue weighted by Crippen LogP contribution is -2.44. The predicted molar refractivity (Wildman–Crippen MR) is 144 cm³/mol. The molecule has 0 saturated carbocycles. The molecule has 0 radical (unpaired) electrons. The molecule has 8 heteroatoms. The lowest BCUT2D eigenvalue weighted by molar-refractivity contribution is -0.120. The number of anilines is 1. The van der Waals surface area contributed by atoms with Crippen LogP contribution in [0, 0.1) is 0 Å². The molecule has 2 aliphatic heterocycles. The van der Waals surface area contributed by atoms with Crippen molar-refractivity contribution in [1.82, 2.24) is 15.2 Å². The van der Waals surface area contributed by atoms with E-state index in [-0.39, 0.29) is 11.8 Å². The van der Waals surface area contributed by atoms with Gasteiger partial charge in [-0.2, -0.15) is 0 Å². The molecule has 2 aliphatic rings. The number of amides is 4. The molecule has 3 heterocycles. The fraction of sp³-hybridized carbons (Fsp3) is 0.233. The van der Waals surface area contributed by atoms with Crippen LogP contribution in [0.25, 0.3) is 10.9 Å². The Bertz CT molecular complexity index is 1580. The minimum Gasteiger partial charge on any atom is -0.497 e. The summed E-state index contributed by atoms with van der Waals surface area (Å²) in [5, 5.41) is 3.90. The first-order valence-electron chi connectivity index (χ1n) is 12.8. The van der Waals surface area contributed by atoms with E-state index >= 15 is 0 Å². The van der Waals surface area contributed by atoms with Gasteiger partial charge in [0, 0.05) is 29.6 Å². The van der Waals surface area contributed by atoms with Gasteiger partial charge in [0.2, 0.25) is 0 Å². The number of methoxy groups -OCH3 is 1. The Hall–Kier alpha value is -4.59. The van der Waals surface area contributed by atoms with E-state index in [0.29, 0.717) is 30.0 Å². The van der Waals surface area contributed by atoms with E-state index in [4.69, 9.17) is 4.74 Å². The van der Waals surface area contributed by atoms with E-state index in [1.165, 1.54) is 4.90 Å². The van der Waals surface area contributed by atoms with Crippen LogP contribution in [0.2, 0.25) is 0 Å². The third-order valence-electron chi connectivity index (χ3n) is 7.38. The maximum atomic E-state index is 14.2. The van der Waals surface area contributed by atoms with Crippen LogP contribution in [-0.2, 0) is 11.2 Å². The smallest absolute Gasteiger partial charge is 0.332 e. The van der Waals surface area contributed by atoms with Crippen molar-refractivity contribution in [3.05, 3.63) is 95.2 Å².